The average molecular weight is 714 g/mol. The van der Waals surface area contributed by atoms with Crippen LogP contribution in [0, 0.1) is 23.7 Å². The summed E-state index contributed by atoms with van der Waals surface area (Å²) in [5.41, 5.74) is 2.75. The molecular formula is C41H55N5O4S. The summed E-state index contributed by atoms with van der Waals surface area (Å²) in [6.45, 7) is 11.3. The van der Waals surface area contributed by atoms with Crippen LogP contribution in [0.25, 0.3) is 11.4 Å². The topological polar surface area (TPSA) is 116 Å². The van der Waals surface area contributed by atoms with Gasteiger partial charge >= 0.3 is 5.97 Å². The lowest BCUT2D eigenvalue weighted by Gasteiger charge is -2.39. The highest BCUT2D eigenvalue weighted by atomic mass is 32.1. The SMILES string of the molecule is CCC[C@H]1CC[C@H](C2CCN(c3cnc(-c4ccc(C[C@H](NC(=O)c5ccc(C(C)(C)C)s5)C(=O)N5CC[C@H](C(=O)O)C5)cc4)nc3)CC2)CC1. The number of carboxylic acid groups (broad SMARTS) is 1. The van der Waals surface area contributed by atoms with Crippen molar-refractivity contribution in [1.82, 2.24) is 20.2 Å². The van der Waals surface area contributed by atoms with E-state index in [0.29, 0.717) is 23.7 Å². The first-order chi connectivity index (χ1) is 24.5. The zero-order chi connectivity index (χ0) is 36.1. The lowest BCUT2D eigenvalue weighted by molar-refractivity contribution is -0.141. The molecule has 0 spiro atoms. The van der Waals surface area contributed by atoms with Gasteiger partial charge in [-0.1, -0.05) is 77.6 Å². The number of benzene rings is 1. The average Bonchev–Trinajstić information content (AvgIpc) is 3.84. The second kappa shape index (κ2) is 16.3. The predicted molar refractivity (Wildman–Crippen MR) is 203 cm³/mol. The number of amides is 2. The van der Waals surface area contributed by atoms with Crippen LogP contribution in [-0.4, -0.2) is 70.0 Å². The summed E-state index contributed by atoms with van der Waals surface area (Å²) in [5.74, 6) is 1.31. The van der Waals surface area contributed by atoms with E-state index in [9.17, 15) is 19.5 Å². The minimum absolute atomic E-state index is 0.0879. The number of piperidine rings is 1. The third-order valence-corrected chi connectivity index (χ3v) is 13.0. The molecule has 6 rings (SSSR count). The van der Waals surface area contributed by atoms with Crippen LogP contribution in [0.5, 0.6) is 0 Å². The van der Waals surface area contributed by atoms with Crippen molar-refractivity contribution >= 4 is 34.8 Å². The van der Waals surface area contributed by atoms with Crippen molar-refractivity contribution in [2.75, 3.05) is 31.1 Å². The highest BCUT2D eigenvalue weighted by Crippen LogP contribution is 2.40. The maximum absolute atomic E-state index is 13.7. The Morgan fingerprint density at radius 1 is 0.902 bits per heavy atom. The summed E-state index contributed by atoms with van der Waals surface area (Å²) >= 11 is 1.43. The van der Waals surface area contributed by atoms with Crippen molar-refractivity contribution < 1.29 is 19.5 Å². The predicted octanol–water partition coefficient (Wildman–Crippen LogP) is 7.60. The van der Waals surface area contributed by atoms with Gasteiger partial charge in [-0.2, -0.15) is 0 Å². The van der Waals surface area contributed by atoms with Crippen LogP contribution in [0.15, 0.2) is 48.8 Å². The first-order valence-corrected chi connectivity index (χ1v) is 19.9. The van der Waals surface area contributed by atoms with E-state index in [2.05, 4.69) is 37.9 Å². The number of nitrogens with one attached hydrogen (secondary N) is 1. The van der Waals surface area contributed by atoms with E-state index in [-0.39, 0.29) is 30.2 Å². The molecule has 2 N–H and O–H groups in total. The molecule has 0 bridgehead atoms. The molecule has 51 heavy (non-hydrogen) atoms. The Labute approximate surface area is 307 Å². The van der Waals surface area contributed by atoms with Gasteiger partial charge < -0.3 is 20.2 Å². The molecule has 0 unspecified atom stereocenters. The van der Waals surface area contributed by atoms with Gasteiger partial charge in [0, 0.05) is 43.0 Å². The van der Waals surface area contributed by atoms with Crippen LogP contribution < -0.4 is 10.2 Å². The van der Waals surface area contributed by atoms with Crippen molar-refractivity contribution in [3.63, 3.8) is 0 Å². The van der Waals surface area contributed by atoms with Crippen molar-refractivity contribution in [3.05, 3.63) is 64.1 Å². The number of carboxylic acids is 1. The summed E-state index contributed by atoms with van der Waals surface area (Å²) < 4.78 is 0. The first kappa shape index (κ1) is 37.0. The van der Waals surface area contributed by atoms with E-state index in [1.165, 1.54) is 62.7 Å². The molecular weight excluding hydrogens is 659 g/mol. The first-order valence-electron chi connectivity index (χ1n) is 19.1. The van der Waals surface area contributed by atoms with Crippen LogP contribution >= 0.6 is 11.3 Å². The van der Waals surface area contributed by atoms with Crippen LogP contribution in [0.4, 0.5) is 5.69 Å². The van der Waals surface area contributed by atoms with Gasteiger partial charge in [-0.25, -0.2) is 9.97 Å². The number of thiophene rings is 1. The molecule has 274 valence electrons. The highest BCUT2D eigenvalue weighted by Gasteiger charge is 2.35. The van der Waals surface area contributed by atoms with Crippen molar-refractivity contribution in [1.29, 1.82) is 0 Å². The van der Waals surface area contributed by atoms with Gasteiger partial charge in [-0.15, -0.1) is 11.3 Å². The van der Waals surface area contributed by atoms with E-state index < -0.39 is 17.9 Å². The molecule has 1 saturated carbocycles. The molecule has 9 nitrogen and oxygen atoms in total. The molecule has 2 atom stereocenters. The number of nitrogens with zero attached hydrogens (tertiary/aromatic N) is 4. The molecule has 0 radical (unpaired) electrons. The number of hydrogen-bond acceptors (Lipinski definition) is 7. The number of rotatable bonds is 11. The summed E-state index contributed by atoms with van der Waals surface area (Å²) in [5, 5.41) is 12.5. The largest absolute Gasteiger partial charge is 0.481 e. The van der Waals surface area contributed by atoms with Gasteiger partial charge in [-0.05, 0) is 73.0 Å². The van der Waals surface area contributed by atoms with Crippen LogP contribution in [-0.2, 0) is 21.4 Å². The normalized spacial score (nSPS) is 22.2. The fourth-order valence-corrected chi connectivity index (χ4v) is 9.29. The Kier molecular flexibility index (Phi) is 11.8. The van der Waals surface area contributed by atoms with Crippen molar-refractivity contribution in [2.24, 2.45) is 23.7 Å². The molecule has 4 heterocycles. The smallest absolute Gasteiger partial charge is 0.308 e. The lowest BCUT2D eigenvalue weighted by Crippen LogP contribution is -2.49. The maximum Gasteiger partial charge on any atom is 0.308 e. The molecule has 1 aromatic carbocycles. The van der Waals surface area contributed by atoms with E-state index >= 15 is 0 Å². The second-order valence-electron chi connectivity index (χ2n) is 16.1. The second-order valence-corrected chi connectivity index (χ2v) is 17.2. The van der Waals surface area contributed by atoms with Gasteiger partial charge in [-0.3, -0.25) is 14.4 Å². The van der Waals surface area contributed by atoms with Gasteiger partial charge in [0.2, 0.25) is 5.91 Å². The molecule has 2 aromatic heterocycles. The fourth-order valence-electron chi connectivity index (χ4n) is 8.32. The van der Waals surface area contributed by atoms with E-state index in [1.807, 2.05) is 42.7 Å². The molecule has 3 fully saturated rings. The van der Waals surface area contributed by atoms with E-state index in [1.54, 1.807) is 11.0 Å². The fraction of sp³-hybridized carbons (Fsp3) is 0.585. The number of anilines is 1. The Bertz CT molecular complexity index is 1630. The monoisotopic (exact) mass is 713 g/mol. The third kappa shape index (κ3) is 9.18. The molecule has 1 aliphatic carbocycles. The van der Waals surface area contributed by atoms with Crippen LogP contribution in [0.3, 0.4) is 0 Å². The van der Waals surface area contributed by atoms with Gasteiger partial charge in [0.05, 0.1) is 28.9 Å². The number of aromatic nitrogens is 2. The molecule has 10 heteroatoms. The lowest BCUT2D eigenvalue weighted by atomic mass is 9.72. The van der Waals surface area contributed by atoms with Crippen molar-refractivity contribution in [2.45, 2.75) is 103 Å². The van der Waals surface area contributed by atoms with Crippen molar-refractivity contribution in [3.8, 4) is 11.4 Å². The number of aliphatic carboxylic acids is 1. The van der Waals surface area contributed by atoms with E-state index in [4.69, 9.17) is 9.97 Å². The quantitative estimate of drug-likeness (QED) is 0.210. The van der Waals surface area contributed by atoms with Crippen LogP contribution in [0.2, 0.25) is 0 Å². The number of carbonyl (C=O) groups excluding carboxylic acids is 2. The van der Waals surface area contributed by atoms with Gasteiger partial charge in [0.25, 0.3) is 5.91 Å². The third-order valence-electron chi connectivity index (χ3n) is 11.5. The zero-order valence-electron chi connectivity index (χ0n) is 30.8. The standard InChI is InChI=1S/C41H55N5O4S/c1-5-6-27-7-11-29(12-8-27)30-17-20-45(21-18-30)33-24-42-37(43-25-33)31-13-9-28(10-14-31)23-34(39(48)46-22-19-32(26-46)40(49)50)44-38(47)35-15-16-36(51-35)41(2,3)4/h9-10,13-16,24-25,27,29-30,32,34H,5-8,11-12,17-23,26H2,1-4H3,(H,44,47)(H,49,50)/t27-,29-,32-,34-/m0/s1. The number of likely N-dealkylation sites (tertiary alicyclic amines) is 1. The Morgan fingerprint density at radius 3 is 2.16 bits per heavy atom. The van der Waals surface area contributed by atoms with E-state index in [0.717, 1.165) is 52.5 Å². The molecule has 3 aromatic rings. The number of carbonyl (C=O) groups is 3. The maximum atomic E-state index is 13.7. The zero-order valence-corrected chi connectivity index (χ0v) is 31.6. The molecule has 2 amide bonds. The minimum atomic E-state index is -0.898. The summed E-state index contributed by atoms with van der Waals surface area (Å²) in [6.07, 6.45) is 15.5. The Balaban J connectivity index is 1.07. The van der Waals surface area contributed by atoms with Gasteiger partial charge in [0.15, 0.2) is 5.82 Å². The van der Waals surface area contributed by atoms with Gasteiger partial charge in [0.1, 0.15) is 6.04 Å². The number of hydrogen-bond donors (Lipinski definition) is 2. The minimum Gasteiger partial charge on any atom is -0.481 e. The van der Waals surface area contributed by atoms with Crippen LogP contribution in [0.1, 0.15) is 106 Å². The molecule has 2 saturated heterocycles. The summed E-state index contributed by atoms with van der Waals surface area (Å²) in [7, 11) is 0. The molecule has 2 aliphatic heterocycles. The highest BCUT2D eigenvalue weighted by molar-refractivity contribution is 7.14. The summed E-state index contributed by atoms with van der Waals surface area (Å²) in [6, 6.07) is 10.8. The summed E-state index contributed by atoms with van der Waals surface area (Å²) in [4.78, 5) is 53.8. The Morgan fingerprint density at radius 2 is 1.57 bits per heavy atom. The molecule has 3 aliphatic rings. The Hall–Kier alpha value is -3.79.